The number of nitrogens with zero attached hydrogens (tertiary/aromatic N) is 4. The molecule has 0 radical (unpaired) electrons. The summed E-state index contributed by atoms with van der Waals surface area (Å²) in [6.45, 7) is 3.88. The highest BCUT2D eigenvalue weighted by Crippen LogP contribution is 2.38. The molecule has 158 valence electrons. The molecule has 7 nitrogen and oxygen atoms in total. The molecule has 1 fully saturated rings. The summed E-state index contributed by atoms with van der Waals surface area (Å²) in [6, 6.07) is 13.9. The highest BCUT2D eigenvalue weighted by molar-refractivity contribution is 6.04. The lowest BCUT2D eigenvalue weighted by atomic mass is 9.72. The number of amides is 1. The van der Waals surface area contributed by atoms with Gasteiger partial charge >= 0.3 is 0 Å². The van der Waals surface area contributed by atoms with Gasteiger partial charge in [-0.3, -0.25) is 9.78 Å². The normalized spacial score (nSPS) is 20.8. The van der Waals surface area contributed by atoms with Crippen LogP contribution in [0.25, 0.3) is 5.69 Å². The molecule has 1 aliphatic carbocycles. The number of carbonyl (C=O) groups excluding carboxylic acids is 1. The van der Waals surface area contributed by atoms with E-state index in [1.807, 2.05) is 38.1 Å². The summed E-state index contributed by atoms with van der Waals surface area (Å²) in [6.07, 6.45) is 5.16. The molecule has 31 heavy (non-hydrogen) atoms. The lowest BCUT2D eigenvalue weighted by Crippen LogP contribution is -2.33. The number of aliphatic hydroxyl groups is 1. The van der Waals surface area contributed by atoms with Crippen molar-refractivity contribution in [3.63, 3.8) is 0 Å². The highest BCUT2D eigenvalue weighted by atomic mass is 16.3. The number of aryl methyl sites for hydroxylation is 1. The number of hydrogen-bond donors (Lipinski definition) is 2. The SMILES string of the molecule is Cc1ccc(-n2ncc(C(=O)Nc3ccc([C@]4(C#N)CC[C@@H](O)CC4)nc3)c2C)cc1. The van der Waals surface area contributed by atoms with Gasteiger partial charge in [-0.1, -0.05) is 17.7 Å². The van der Waals surface area contributed by atoms with Crippen LogP contribution in [0.2, 0.25) is 0 Å². The van der Waals surface area contributed by atoms with Crippen LogP contribution in [0.15, 0.2) is 48.8 Å². The predicted molar refractivity (Wildman–Crippen MR) is 117 cm³/mol. The Balaban J connectivity index is 1.49. The first kappa shape index (κ1) is 20.8. The fourth-order valence-corrected chi connectivity index (χ4v) is 4.05. The van der Waals surface area contributed by atoms with Crippen LogP contribution in [-0.4, -0.2) is 31.9 Å². The van der Waals surface area contributed by atoms with Crippen LogP contribution < -0.4 is 5.32 Å². The second kappa shape index (κ2) is 8.32. The Morgan fingerprint density at radius 2 is 1.87 bits per heavy atom. The molecular weight excluding hydrogens is 390 g/mol. The molecule has 3 aromatic rings. The van der Waals surface area contributed by atoms with Crippen molar-refractivity contribution in [1.29, 1.82) is 5.26 Å². The van der Waals surface area contributed by atoms with Crippen molar-refractivity contribution < 1.29 is 9.90 Å². The minimum Gasteiger partial charge on any atom is -0.393 e. The van der Waals surface area contributed by atoms with Gasteiger partial charge < -0.3 is 10.4 Å². The van der Waals surface area contributed by atoms with Gasteiger partial charge in [-0.2, -0.15) is 10.4 Å². The van der Waals surface area contributed by atoms with E-state index in [4.69, 9.17) is 0 Å². The third-order valence-electron chi connectivity index (χ3n) is 6.07. The standard InChI is InChI=1S/C24H25N5O2/c1-16-3-6-19(7-4-16)29-17(2)21(14-27-29)23(31)28-18-5-8-22(26-13-18)24(15-25)11-9-20(30)10-12-24/h3-8,13-14,20,30H,9-12H2,1-2H3,(H,28,31)/t20-,24-. The zero-order valence-corrected chi connectivity index (χ0v) is 17.7. The summed E-state index contributed by atoms with van der Waals surface area (Å²) in [5.74, 6) is -0.263. The van der Waals surface area contributed by atoms with Gasteiger partial charge in [0.15, 0.2) is 0 Å². The smallest absolute Gasteiger partial charge is 0.259 e. The van der Waals surface area contributed by atoms with Crippen molar-refractivity contribution in [1.82, 2.24) is 14.8 Å². The van der Waals surface area contributed by atoms with Gasteiger partial charge in [0.1, 0.15) is 0 Å². The molecule has 2 N–H and O–H groups in total. The van der Waals surface area contributed by atoms with Crippen molar-refractivity contribution in [3.8, 4) is 11.8 Å². The summed E-state index contributed by atoms with van der Waals surface area (Å²) in [4.78, 5) is 17.3. The zero-order valence-electron chi connectivity index (χ0n) is 17.7. The molecule has 0 aliphatic heterocycles. The number of nitrogens with one attached hydrogen (secondary N) is 1. The summed E-state index contributed by atoms with van der Waals surface area (Å²) in [7, 11) is 0. The Kier molecular flexibility index (Phi) is 5.57. The molecule has 2 aromatic heterocycles. The lowest BCUT2D eigenvalue weighted by Gasteiger charge is -2.32. The average Bonchev–Trinajstić information content (AvgIpc) is 3.17. The Morgan fingerprint density at radius 1 is 1.16 bits per heavy atom. The predicted octanol–water partition coefficient (Wildman–Crippen LogP) is 3.83. The van der Waals surface area contributed by atoms with Gasteiger partial charge in [-0.25, -0.2) is 4.68 Å². The van der Waals surface area contributed by atoms with Crippen molar-refractivity contribution in [2.75, 3.05) is 5.32 Å². The topological polar surface area (TPSA) is 104 Å². The fraction of sp³-hybridized carbons (Fsp3) is 0.333. The van der Waals surface area contributed by atoms with Crippen LogP contribution in [0.4, 0.5) is 5.69 Å². The van der Waals surface area contributed by atoms with Gasteiger partial charge in [0.25, 0.3) is 5.91 Å². The maximum atomic E-state index is 12.8. The van der Waals surface area contributed by atoms with Crippen LogP contribution in [0.1, 0.15) is 53.0 Å². The maximum Gasteiger partial charge on any atom is 0.259 e. The number of nitriles is 1. The van der Waals surface area contributed by atoms with Crippen LogP contribution in [0.3, 0.4) is 0 Å². The van der Waals surface area contributed by atoms with Crippen LogP contribution in [0.5, 0.6) is 0 Å². The van der Waals surface area contributed by atoms with Gasteiger partial charge in [0.05, 0.1) is 58.3 Å². The molecule has 4 rings (SSSR count). The number of rotatable bonds is 4. The van der Waals surface area contributed by atoms with Crippen LogP contribution in [0, 0.1) is 25.2 Å². The molecule has 1 aromatic carbocycles. The number of carbonyl (C=O) groups is 1. The van der Waals surface area contributed by atoms with Crippen molar-refractivity contribution in [2.24, 2.45) is 0 Å². The van der Waals surface area contributed by atoms with E-state index in [2.05, 4.69) is 21.5 Å². The van der Waals surface area contributed by atoms with Crippen molar-refractivity contribution in [2.45, 2.75) is 51.0 Å². The number of hydrogen-bond acceptors (Lipinski definition) is 5. The molecule has 1 amide bonds. The third-order valence-corrected chi connectivity index (χ3v) is 6.07. The van der Waals surface area contributed by atoms with Gasteiger partial charge in [0, 0.05) is 0 Å². The molecule has 2 heterocycles. The van der Waals surface area contributed by atoms with E-state index in [1.165, 1.54) is 0 Å². The second-order valence-corrected chi connectivity index (χ2v) is 8.20. The van der Waals surface area contributed by atoms with Gasteiger partial charge in [-0.05, 0) is 63.8 Å². The number of benzene rings is 1. The minimum absolute atomic E-state index is 0.263. The summed E-state index contributed by atoms with van der Waals surface area (Å²) in [5.41, 5.74) is 3.85. The Labute approximate surface area is 181 Å². The zero-order chi connectivity index (χ0) is 22.0. The van der Waals surface area contributed by atoms with Gasteiger partial charge in [0.2, 0.25) is 0 Å². The monoisotopic (exact) mass is 415 g/mol. The molecule has 0 atom stereocenters. The summed E-state index contributed by atoms with van der Waals surface area (Å²) >= 11 is 0. The molecule has 1 aliphatic rings. The van der Waals surface area contributed by atoms with Gasteiger partial charge in [-0.15, -0.1) is 0 Å². The van der Waals surface area contributed by atoms with E-state index in [9.17, 15) is 15.2 Å². The minimum atomic E-state index is -0.673. The molecule has 0 unspecified atom stereocenters. The quantitative estimate of drug-likeness (QED) is 0.674. The molecule has 1 saturated carbocycles. The second-order valence-electron chi connectivity index (χ2n) is 8.20. The fourth-order valence-electron chi connectivity index (χ4n) is 4.05. The Hall–Kier alpha value is -3.50. The van der Waals surface area contributed by atoms with E-state index < -0.39 is 5.41 Å². The third kappa shape index (κ3) is 4.07. The van der Waals surface area contributed by atoms with Crippen LogP contribution >= 0.6 is 0 Å². The summed E-state index contributed by atoms with van der Waals surface area (Å²) < 4.78 is 1.74. The molecule has 0 saturated heterocycles. The lowest BCUT2D eigenvalue weighted by molar-refractivity contribution is 0.102. The average molecular weight is 415 g/mol. The first-order chi connectivity index (χ1) is 14.9. The number of aliphatic hydroxyl groups excluding tert-OH is 1. The molecular formula is C24H25N5O2. The number of aromatic nitrogens is 3. The first-order valence-electron chi connectivity index (χ1n) is 10.4. The highest BCUT2D eigenvalue weighted by Gasteiger charge is 2.37. The molecule has 0 spiro atoms. The maximum absolute atomic E-state index is 12.8. The van der Waals surface area contributed by atoms with Crippen LogP contribution in [-0.2, 0) is 5.41 Å². The summed E-state index contributed by atoms with van der Waals surface area (Å²) in [5, 5.41) is 26.7. The number of anilines is 1. The Morgan fingerprint density at radius 3 is 2.48 bits per heavy atom. The molecule has 7 heteroatoms. The first-order valence-corrected chi connectivity index (χ1v) is 10.4. The van der Waals surface area contributed by atoms with E-state index in [1.54, 1.807) is 29.2 Å². The van der Waals surface area contributed by atoms with Crippen molar-refractivity contribution >= 4 is 11.6 Å². The van der Waals surface area contributed by atoms with Crippen molar-refractivity contribution in [3.05, 3.63) is 71.3 Å². The van der Waals surface area contributed by atoms with E-state index in [0.29, 0.717) is 42.6 Å². The van der Waals surface area contributed by atoms with E-state index in [0.717, 1.165) is 16.9 Å². The Bertz CT molecular complexity index is 1120. The molecule has 0 bridgehead atoms. The largest absolute Gasteiger partial charge is 0.393 e. The van der Waals surface area contributed by atoms with E-state index in [-0.39, 0.29) is 12.0 Å². The number of pyridine rings is 1. The van der Waals surface area contributed by atoms with E-state index >= 15 is 0 Å².